The van der Waals surface area contributed by atoms with Gasteiger partial charge in [0.1, 0.15) is 0 Å². The monoisotopic (exact) mass is 214 g/mol. The van der Waals surface area contributed by atoms with Crippen molar-refractivity contribution in [1.82, 2.24) is 0 Å². The van der Waals surface area contributed by atoms with Gasteiger partial charge in [-0.15, -0.1) is 0 Å². The van der Waals surface area contributed by atoms with Crippen LogP contribution < -0.4 is 0 Å². The van der Waals surface area contributed by atoms with Gasteiger partial charge in [-0.3, -0.25) is 0 Å². The number of hydrogen-bond acceptors (Lipinski definition) is 2. The summed E-state index contributed by atoms with van der Waals surface area (Å²) in [5, 5.41) is 10.0. The third kappa shape index (κ3) is 4.98. The fourth-order valence-corrected chi connectivity index (χ4v) is 2.45. The normalized spacial score (nSPS) is 29.0. The quantitative estimate of drug-likeness (QED) is 0.689. The molecule has 90 valence electrons. The first-order valence-corrected chi connectivity index (χ1v) is 6.49. The minimum atomic E-state index is -0.0852. The number of ether oxygens (including phenoxy) is 1. The summed E-state index contributed by atoms with van der Waals surface area (Å²) in [5.74, 6) is 1.43. The zero-order valence-corrected chi connectivity index (χ0v) is 10.2. The number of rotatable bonds is 6. The molecule has 1 saturated carbocycles. The van der Waals surface area contributed by atoms with Crippen LogP contribution in [0.25, 0.3) is 0 Å². The van der Waals surface area contributed by atoms with Crippen molar-refractivity contribution in [2.45, 2.75) is 58.5 Å². The highest BCUT2D eigenvalue weighted by atomic mass is 16.5. The lowest BCUT2D eigenvalue weighted by Crippen LogP contribution is -2.25. The van der Waals surface area contributed by atoms with Gasteiger partial charge in [-0.2, -0.15) is 0 Å². The molecule has 1 N–H and O–H groups in total. The first-order chi connectivity index (χ1) is 7.24. The molecule has 0 amide bonds. The molecular weight excluding hydrogens is 188 g/mol. The molecule has 2 nitrogen and oxygen atoms in total. The largest absolute Gasteiger partial charge is 0.393 e. The molecule has 1 aliphatic rings. The SMILES string of the molecule is CCOCCCC(O)C1CCC(C)CC1. The average molecular weight is 214 g/mol. The lowest BCUT2D eigenvalue weighted by Gasteiger charge is -2.29. The smallest absolute Gasteiger partial charge is 0.0569 e. The van der Waals surface area contributed by atoms with E-state index in [2.05, 4.69) is 6.92 Å². The Bertz CT molecular complexity index is 151. The van der Waals surface area contributed by atoms with Gasteiger partial charge < -0.3 is 9.84 Å². The fraction of sp³-hybridized carbons (Fsp3) is 1.00. The molecule has 0 aromatic heterocycles. The Balaban J connectivity index is 2.08. The van der Waals surface area contributed by atoms with Crippen molar-refractivity contribution >= 4 is 0 Å². The summed E-state index contributed by atoms with van der Waals surface area (Å²) in [4.78, 5) is 0. The highest BCUT2D eigenvalue weighted by molar-refractivity contribution is 4.75. The van der Waals surface area contributed by atoms with Crippen LogP contribution in [-0.4, -0.2) is 24.4 Å². The van der Waals surface area contributed by atoms with Gasteiger partial charge in [0.25, 0.3) is 0 Å². The van der Waals surface area contributed by atoms with E-state index in [1.165, 1.54) is 25.7 Å². The molecule has 0 aromatic carbocycles. The van der Waals surface area contributed by atoms with Crippen LogP contribution in [0.1, 0.15) is 52.4 Å². The van der Waals surface area contributed by atoms with Crippen molar-refractivity contribution in [3.63, 3.8) is 0 Å². The summed E-state index contributed by atoms with van der Waals surface area (Å²) >= 11 is 0. The molecule has 0 bridgehead atoms. The van der Waals surface area contributed by atoms with Crippen LogP contribution in [0.2, 0.25) is 0 Å². The van der Waals surface area contributed by atoms with Crippen LogP contribution >= 0.6 is 0 Å². The highest BCUT2D eigenvalue weighted by Crippen LogP contribution is 2.31. The maximum Gasteiger partial charge on any atom is 0.0569 e. The van der Waals surface area contributed by atoms with Gasteiger partial charge >= 0.3 is 0 Å². The van der Waals surface area contributed by atoms with Gasteiger partial charge in [0, 0.05) is 13.2 Å². The second kappa shape index (κ2) is 7.24. The Labute approximate surface area is 94.0 Å². The summed E-state index contributed by atoms with van der Waals surface area (Å²) in [7, 11) is 0. The molecule has 0 heterocycles. The van der Waals surface area contributed by atoms with Gasteiger partial charge in [-0.05, 0) is 44.4 Å². The molecule has 0 aliphatic heterocycles. The van der Waals surface area contributed by atoms with E-state index in [0.717, 1.165) is 32.0 Å². The van der Waals surface area contributed by atoms with Crippen molar-refractivity contribution in [2.75, 3.05) is 13.2 Å². The van der Waals surface area contributed by atoms with E-state index in [9.17, 15) is 5.11 Å². The molecule has 15 heavy (non-hydrogen) atoms. The second-order valence-electron chi connectivity index (χ2n) is 4.93. The van der Waals surface area contributed by atoms with Gasteiger partial charge in [0.05, 0.1) is 6.10 Å². The Morgan fingerprint density at radius 3 is 2.53 bits per heavy atom. The number of aliphatic hydroxyl groups is 1. The minimum absolute atomic E-state index is 0.0852. The van der Waals surface area contributed by atoms with Crippen LogP contribution in [0.3, 0.4) is 0 Å². The van der Waals surface area contributed by atoms with E-state index in [1.54, 1.807) is 0 Å². The maximum absolute atomic E-state index is 10.0. The lowest BCUT2D eigenvalue weighted by atomic mass is 9.79. The van der Waals surface area contributed by atoms with Gasteiger partial charge in [-0.25, -0.2) is 0 Å². The van der Waals surface area contributed by atoms with Crippen molar-refractivity contribution in [3.05, 3.63) is 0 Å². The highest BCUT2D eigenvalue weighted by Gasteiger charge is 2.23. The molecule has 1 rings (SSSR count). The zero-order valence-electron chi connectivity index (χ0n) is 10.2. The van der Waals surface area contributed by atoms with Crippen LogP contribution in [0, 0.1) is 11.8 Å². The Hall–Kier alpha value is -0.0800. The Morgan fingerprint density at radius 2 is 1.93 bits per heavy atom. The molecule has 1 unspecified atom stereocenters. The van der Waals surface area contributed by atoms with Crippen molar-refractivity contribution in [2.24, 2.45) is 11.8 Å². The zero-order chi connectivity index (χ0) is 11.1. The summed E-state index contributed by atoms with van der Waals surface area (Å²) in [6.07, 6.45) is 6.87. The molecule has 1 aliphatic carbocycles. The summed E-state index contributed by atoms with van der Waals surface area (Å²) in [6, 6.07) is 0. The first kappa shape index (κ1) is 13.0. The summed E-state index contributed by atoms with van der Waals surface area (Å²) in [5.41, 5.74) is 0. The topological polar surface area (TPSA) is 29.5 Å². The fourth-order valence-electron chi connectivity index (χ4n) is 2.45. The Kier molecular flexibility index (Phi) is 6.26. The van der Waals surface area contributed by atoms with Crippen LogP contribution in [0.15, 0.2) is 0 Å². The predicted octanol–water partition coefficient (Wildman–Crippen LogP) is 2.99. The van der Waals surface area contributed by atoms with E-state index in [0.29, 0.717) is 5.92 Å². The lowest BCUT2D eigenvalue weighted by molar-refractivity contribution is 0.0556. The van der Waals surface area contributed by atoms with Gasteiger partial charge in [0.15, 0.2) is 0 Å². The standard InChI is InChI=1S/C13H26O2/c1-3-15-10-4-5-13(14)12-8-6-11(2)7-9-12/h11-14H,3-10H2,1-2H3. The van der Waals surface area contributed by atoms with E-state index in [1.807, 2.05) is 6.92 Å². The summed E-state index contributed by atoms with van der Waals surface area (Å²) < 4.78 is 5.28. The molecular formula is C13H26O2. The van der Waals surface area contributed by atoms with Crippen LogP contribution in [-0.2, 0) is 4.74 Å². The molecule has 1 atom stereocenters. The maximum atomic E-state index is 10.0. The molecule has 2 heteroatoms. The van der Waals surface area contributed by atoms with Gasteiger partial charge in [-0.1, -0.05) is 19.8 Å². The minimum Gasteiger partial charge on any atom is -0.393 e. The van der Waals surface area contributed by atoms with Crippen LogP contribution in [0.4, 0.5) is 0 Å². The second-order valence-corrected chi connectivity index (χ2v) is 4.93. The van der Waals surface area contributed by atoms with E-state index in [4.69, 9.17) is 4.74 Å². The molecule has 1 fully saturated rings. The number of aliphatic hydroxyl groups excluding tert-OH is 1. The molecule has 0 radical (unpaired) electrons. The molecule has 0 saturated heterocycles. The van der Waals surface area contributed by atoms with Crippen LogP contribution in [0.5, 0.6) is 0 Å². The third-order valence-electron chi connectivity index (χ3n) is 3.60. The van der Waals surface area contributed by atoms with E-state index in [-0.39, 0.29) is 6.10 Å². The van der Waals surface area contributed by atoms with Crippen molar-refractivity contribution in [3.8, 4) is 0 Å². The van der Waals surface area contributed by atoms with E-state index >= 15 is 0 Å². The van der Waals surface area contributed by atoms with E-state index < -0.39 is 0 Å². The van der Waals surface area contributed by atoms with Gasteiger partial charge in [0.2, 0.25) is 0 Å². The first-order valence-electron chi connectivity index (χ1n) is 6.49. The molecule has 0 spiro atoms. The van der Waals surface area contributed by atoms with Crippen molar-refractivity contribution < 1.29 is 9.84 Å². The summed E-state index contributed by atoms with van der Waals surface area (Å²) in [6.45, 7) is 5.92. The average Bonchev–Trinajstić information content (AvgIpc) is 2.25. The Morgan fingerprint density at radius 1 is 1.27 bits per heavy atom. The third-order valence-corrected chi connectivity index (χ3v) is 3.60. The van der Waals surface area contributed by atoms with Crippen molar-refractivity contribution in [1.29, 1.82) is 0 Å². The molecule has 0 aromatic rings. The number of hydrogen-bond donors (Lipinski definition) is 1. The predicted molar refractivity (Wildman–Crippen MR) is 62.9 cm³/mol.